The number of likely N-dealkylation sites (tertiary alicyclic amines) is 1. The van der Waals surface area contributed by atoms with Crippen LogP contribution in [0.1, 0.15) is 33.6 Å². The van der Waals surface area contributed by atoms with Gasteiger partial charge in [-0.1, -0.05) is 24.3 Å². The standard InChI is InChI=1S/C22H21N3O4/c1-29-22(28)24-15-10-8-14(9-11-15)23-18-19(25-12-4-5-13-25)21(27)17-7-3-2-6-16(17)20(18)26/h2-3,6-11,19H,4-5,12-13H2,1H3,(H,24,28). The number of nitrogens with zero attached hydrogens (tertiary/aromatic N) is 2. The van der Waals surface area contributed by atoms with Crippen molar-refractivity contribution in [1.82, 2.24) is 4.90 Å². The Balaban J connectivity index is 1.72. The first kappa shape index (κ1) is 19.0. The summed E-state index contributed by atoms with van der Waals surface area (Å²) in [6.45, 7) is 1.54. The molecule has 1 amide bonds. The molecule has 1 aliphatic heterocycles. The van der Waals surface area contributed by atoms with Crippen molar-refractivity contribution < 1.29 is 19.1 Å². The summed E-state index contributed by atoms with van der Waals surface area (Å²) in [6.07, 6.45) is 1.43. The summed E-state index contributed by atoms with van der Waals surface area (Å²) in [4.78, 5) is 44.4. The molecule has 0 spiro atoms. The highest BCUT2D eigenvalue weighted by Crippen LogP contribution is 2.28. The molecule has 148 valence electrons. The quantitative estimate of drug-likeness (QED) is 0.865. The van der Waals surface area contributed by atoms with E-state index in [1.165, 1.54) is 7.11 Å². The second kappa shape index (κ2) is 7.97. The van der Waals surface area contributed by atoms with Gasteiger partial charge in [0.15, 0.2) is 5.78 Å². The van der Waals surface area contributed by atoms with Crippen molar-refractivity contribution >= 4 is 34.7 Å². The molecule has 29 heavy (non-hydrogen) atoms. The van der Waals surface area contributed by atoms with Crippen molar-refractivity contribution in [3.05, 3.63) is 59.7 Å². The van der Waals surface area contributed by atoms with Crippen molar-refractivity contribution in [3.63, 3.8) is 0 Å². The monoisotopic (exact) mass is 391 g/mol. The number of aliphatic imine (C=N–C) groups is 1. The minimum Gasteiger partial charge on any atom is -0.453 e. The Morgan fingerprint density at radius 1 is 1.03 bits per heavy atom. The molecule has 0 bridgehead atoms. The van der Waals surface area contributed by atoms with Crippen molar-refractivity contribution in [2.24, 2.45) is 4.99 Å². The molecule has 1 heterocycles. The zero-order valence-corrected chi connectivity index (χ0v) is 16.1. The molecule has 1 fully saturated rings. The van der Waals surface area contributed by atoms with Crippen molar-refractivity contribution in [2.75, 3.05) is 25.5 Å². The third kappa shape index (κ3) is 3.69. The number of carbonyl (C=O) groups excluding carboxylic acids is 3. The van der Waals surface area contributed by atoms with Crippen LogP contribution in [0, 0.1) is 0 Å². The lowest BCUT2D eigenvalue weighted by molar-refractivity contribution is 0.0873. The fraction of sp³-hybridized carbons (Fsp3) is 0.273. The largest absolute Gasteiger partial charge is 0.453 e. The Bertz CT molecular complexity index is 991. The normalized spacial score (nSPS) is 20.6. The second-order valence-corrected chi connectivity index (χ2v) is 7.05. The van der Waals surface area contributed by atoms with Gasteiger partial charge in [0.1, 0.15) is 11.8 Å². The number of Topliss-reactive ketones (excluding diaryl/α,β-unsaturated/α-hetero) is 2. The van der Waals surface area contributed by atoms with E-state index in [-0.39, 0.29) is 17.3 Å². The Hall–Kier alpha value is -3.32. The van der Waals surface area contributed by atoms with Crippen LogP contribution in [0.25, 0.3) is 0 Å². The molecule has 1 atom stereocenters. The molecular weight excluding hydrogens is 370 g/mol. The summed E-state index contributed by atoms with van der Waals surface area (Å²) in [5, 5.41) is 2.57. The molecule has 1 aliphatic carbocycles. The van der Waals surface area contributed by atoms with Gasteiger partial charge in [-0.15, -0.1) is 0 Å². The number of anilines is 1. The fourth-order valence-corrected chi connectivity index (χ4v) is 3.81. The number of methoxy groups -OCH3 is 1. The number of amides is 1. The summed E-state index contributed by atoms with van der Waals surface area (Å²) in [5.41, 5.74) is 2.21. The lowest BCUT2D eigenvalue weighted by Gasteiger charge is -2.31. The first-order valence-corrected chi connectivity index (χ1v) is 9.54. The van der Waals surface area contributed by atoms with Crippen molar-refractivity contribution in [1.29, 1.82) is 0 Å². The number of carbonyl (C=O) groups is 3. The zero-order valence-electron chi connectivity index (χ0n) is 16.1. The minimum absolute atomic E-state index is 0.0789. The van der Waals surface area contributed by atoms with E-state index in [1.54, 1.807) is 48.5 Å². The molecule has 2 aromatic rings. The van der Waals surface area contributed by atoms with Crippen LogP contribution in [0.5, 0.6) is 0 Å². The summed E-state index contributed by atoms with van der Waals surface area (Å²) in [5.74, 6) is -0.293. The predicted octanol–water partition coefficient (Wildman–Crippen LogP) is 3.48. The van der Waals surface area contributed by atoms with Crippen LogP contribution in [0.2, 0.25) is 0 Å². The lowest BCUT2D eigenvalue weighted by atomic mass is 9.83. The molecule has 2 aliphatic rings. The van der Waals surface area contributed by atoms with Crippen LogP contribution in [-0.2, 0) is 4.74 Å². The Kier molecular flexibility index (Phi) is 5.22. The van der Waals surface area contributed by atoms with E-state index in [2.05, 4.69) is 15.0 Å². The summed E-state index contributed by atoms with van der Waals surface area (Å²) in [6, 6.07) is 13.0. The summed E-state index contributed by atoms with van der Waals surface area (Å²) >= 11 is 0. The third-order valence-electron chi connectivity index (χ3n) is 5.23. The van der Waals surface area contributed by atoms with Crippen LogP contribution in [0.15, 0.2) is 53.5 Å². The maximum Gasteiger partial charge on any atom is 0.411 e. The van der Waals surface area contributed by atoms with Crippen molar-refractivity contribution in [3.8, 4) is 0 Å². The van der Waals surface area contributed by atoms with Crippen LogP contribution >= 0.6 is 0 Å². The van der Waals surface area contributed by atoms with Gasteiger partial charge in [-0.2, -0.15) is 0 Å². The molecule has 0 radical (unpaired) electrons. The van der Waals surface area contributed by atoms with Gasteiger partial charge in [0.25, 0.3) is 0 Å². The van der Waals surface area contributed by atoms with E-state index in [0.717, 1.165) is 25.9 Å². The van der Waals surface area contributed by atoms with Gasteiger partial charge in [-0.25, -0.2) is 9.79 Å². The van der Waals surface area contributed by atoms with Crippen LogP contribution in [-0.4, -0.2) is 54.5 Å². The van der Waals surface area contributed by atoms with E-state index in [9.17, 15) is 14.4 Å². The van der Waals surface area contributed by atoms with E-state index in [0.29, 0.717) is 22.5 Å². The number of fused-ring (bicyclic) bond motifs is 1. The molecule has 1 saturated heterocycles. The Labute approximate surface area is 168 Å². The number of hydrogen-bond donors (Lipinski definition) is 1. The number of nitrogens with one attached hydrogen (secondary N) is 1. The van der Waals surface area contributed by atoms with Gasteiger partial charge in [0.05, 0.1) is 12.8 Å². The van der Waals surface area contributed by atoms with Gasteiger partial charge in [-0.05, 0) is 50.2 Å². The first-order valence-electron chi connectivity index (χ1n) is 9.54. The average Bonchev–Trinajstić information content (AvgIpc) is 3.27. The van der Waals surface area contributed by atoms with Crippen LogP contribution in [0.3, 0.4) is 0 Å². The highest BCUT2D eigenvalue weighted by molar-refractivity contribution is 6.55. The molecule has 0 aromatic heterocycles. The van der Waals surface area contributed by atoms with Crippen LogP contribution in [0.4, 0.5) is 16.2 Å². The molecule has 0 saturated carbocycles. The van der Waals surface area contributed by atoms with Gasteiger partial charge in [-0.3, -0.25) is 19.8 Å². The highest BCUT2D eigenvalue weighted by atomic mass is 16.5. The molecule has 2 aromatic carbocycles. The number of benzene rings is 2. The number of ether oxygens (including phenoxy) is 1. The van der Waals surface area contributed by atoms with Gasteiger partial charge in [0.2, 0.25) is 5.78 Å². The van der Waals surface area contributed by atoms with E-state index in [4.69, 9.17) is 0 Å². The second-order valence-electron chi connectivity index (χ2n) is 7.05. The SMILES string of the molecule is COC(=O)Nc1ccc(N=C2C(=O)c3ccccc3C(=O)C2N2CCCC2)cc1. The maximum atomic E-state index is 13.2. The summed E-state index contributed by atoms with van der Waals surface area (Å²) in [7, 11) is 1.29. The van der Waals surface area contributed by atoms with Gasteiger partial charge >= 0.3 is 6.09 Å². The third-order valence-corrected chi connectivity index (χ3v) is 5.23. The fourth-order valence-electron chi connectivity index (χ4n) is 3.81. The predicted molar refractivity (Wildman–Crippen MR) is 109 cm³/mol. The van der Waals surface area contributed by atoms with E-state index < -0.39 is 12.1 Å². The van der Waals surface area contributed by atoms with E-state index >= 15 is 0 Å². The molecule has 4 rings (SSSR count). The molecular formula is C22H21N3O4. The number of rotatable bonds is 3. The number of ketones is 2. The lowest BCUT2D eigenvalue weighted by Crippen LogP contribution is -2.51. The molecule has 1 unspecified atom stereocenters. The van der Waals surface area contributed by atoms with Crippen LogP contribution < -0.4 is 5.32 Å². The smallest absolute Gasteiger partial charge is 0.411 e. The average molecular weight is 391 g/mol. The molecule has 7 nitrogen and oxygen atoms in total. The van der Waals surface area contributed by atoms with Crippen molar-refractivity contribution in [2.45, 2.75) is 18.9 Å². The Morgan fingerprint density at radius 2 is 1.69 bits per heavy atom. The maximum absolute atomic E-state index is 13.2. The van der Waals surface area contributed by atoms with Gasteiger partial charge in [0, 0.05) is 16.8 Å². The van der Waals surface area contributed by atoms with Gasteiger partial charge < -0.3 is 4.74 Å². The summed E-state index contributed by atoms with van der Waals surface area (Å²) < 4.78 is 4.57. The first-order chi connectivity index (χ1) is 14.1. The highest BCUT2D eigenvalue weighted by Gasteiger charge is 2.42. The molecule has 7 heteroatoms. The minimum atomic E-state index is -0.659. The topological polar surface area (TPSA) is 88.1 Å². The van der Waals surface area contributed by atoms with E-state index in [1.807, 2.05) is 4.90 Å². The number of hydrogen-bond acceptors (Lipinski definition) is 6. The molecule has 1 N–H and O–H groups in total. The Morgan fingerprint density at radius 3 is 2.34 bits per heavy atom. The zero-order chi connectivity index (χ0) is 20.4.